The molecule has 0 aromatic carbocycles. The number of hydrogen-bond acceptors (Lipinski definition) is 4. The topological polar surface area (TPSA) is 37.8 Å². The second kappa shape index (κ2) is 4.89. The molecule has 0 amide bonds. The highest BCUT2D eigenvalue weighted by atomic mass is 32.1. The zero-order chi connectivity index (χ0) is 13.4. The zero-order valence-corrected chi connectivity index (χ0v) is 13.0. The Morgan fingerprint density at radius 3 is 2.33 bits per heavy atom. The lowest BCUT2D eigenvalue weighted by atomic mass is 10.0. The third kappa shape index (κ3) is 2.32. The lowest BCUT2D eigenvalue weighted by Crippen LogP contribution is -2.17. The lowest BCUT2D eigenvalue weighted by molar-refractivity contribution is 0.457. The normalized spacial score (nSPS) is 21.2. The molecule has 0 saturated heterocycles. The van der Waals surface area contributed by atoms with E-state index in [1.807, 2.05) is 0 Å². The van der Waals surface area contributed by atoms with Crippen LogP contribution >= 0.6 is 11.3 Å². The molecule has 0 spiro atoms. The molecule has 1 heterocycles. The molecular weight excluding hydrogens is 242 g/mol. The van der Waals surface area contributed by atoms with Crippen molar-refractivity contribution in [2.24, 2.45) is 10.8 Å². The highest BCUT2D eigenvalue weighted by molar-refractivity contribution is 7.11. The number of nitrogens with one attached hydrogen (secondary N) is 1. The van der Waals surface area contributed by atoms with E-state index in [9.17, 15) is 0 Å². The van der Waals surface area contributed by atoms with E-state index in [1.54, 1.807) is 11.3 Å². The molecule has 1 aliphatic carbocycles. The van der Waals surface area contributed by atoms with Gasteiger partial charge in [-0.2, -0.15) is 0 Å². The fraction of sp³-hybridized carbons (Fsp3) is 0.857. The molecule has 0 unspecified atom stereocenters. The van der Waals surface area contributed by atoms with Gasteiger partial charge in [-0.05, 0) is 23.8 Å². The van der Waals surface area contributed by atoms with Crippen molar-refractivity contribution in [2.75, 3.05) is 13.1 Å². The number of rotatable bonds is 6. The first kappa shape index (κ1) is 13.9. The van der Waals surface area contributed by atoms with E-state index in [1.165, 1.54) is 16.4 Å². The van der Waals surface area contributed by atoms with Crippen molar-refractivity contribution in [1.82, 2.24) is 15.5 Å². The van der Waals surface area contributed by atoms with Crippen molar-refractivity contribution in [1.29, 1.82) is 0 Å². The van der Waals surface area contributed by atoms with Crippen LogP contribution in [0.15, 0.2) is 0 Å². The summed E-state index contributed by atoms with van der Waals surface area (Å²) in [5.74, 6) is 0.583. The minimum Gasteiger partial charge on any atom is -0.316 e. The Morgan fingerprint density at radius 2 is 1.78 bits per heavy atom. The van der Waals surface area contributed by atoms with Gasteiger partial charge in [0.1, 0.15) is 10.0 Å². The van der Waals surface area contributed by atoms with Gasteiger partial charge in [0.25, 0.3) is 0 Å². The molecule has 0 aliphatic heterocycles. The van der Waals surface area contributed by atoms with E-state index in [-0.39, 0.29) is 0 Å². The number of nitrogens with zero attached hydrogens (tertiary/aromatic N) is 2. The molecule has 0 atom stereocenters. The molecule has 1 aliphatic rings. The van der Waals surface area contributed by atoms with Crippen LogP contribution in [0.5, 0.6) is 0 Å². The highest BCUT2D eigenvalue weighted by Gasteiger charge is 2.66. The Bertz CT molecular complexity index is 395. The molecule has 4 heteroatoms. The molecule has 0 radical (unpaired) electrons. The first-order valence-electron chi connectivity index (χ1n) is 6.94. The van der Waals surface area contributed by atoms with Crippen LogP contribution in [-0.2, 0) is 6.42 Å². The Morgan fingerprint density at radius 1 is 1.11 bits per heavy atom. The maximum atomic E-state index is 4.41. The number of aromatic nitrogens is 2. The van der Waals surface area contributed by atoms with Gasteiger partial charge in [-0.3, -0.25) is 0 Å². The predicted octanol–water partition coefficient (Wildman–Crippen LogP) is 3.23. The SMILES string of the molecule is CCCNCCc1nnc(C2C(C)(C)C2(C)C)s1. The molecule has 1 aromatic heterocycles. The first-order valence-corrected chi connectivity index (χ1v) is 7.76. The average Bonchev–Trinajstić information content (AvgIpc) is 2.66. The van der Waals surface area contributed by atoms with E-state index < -0.39 is 0 Å². The van der Waals surface area contributed by atoms with E-state index in [2.05, 4.69) is 50.1 Å². The Hall–Kier alpha value is -0.480. The monoisotopic (exact) mass is 267 g/mol. The standard InChI is InChI=1S/C14H25N3S/c1-6-8-15-9-7-10-16-17-12(18-10)11-13(2,3)14(11,4)5/h11,15H,6-9H2,1-5H3. The molecular formula is C14H25N3S. The summed E-state index contributed by atoms with van der Waals surface area (Å²) in [5.41, 5.74) is 0.731. The van der Waals surface area contributed by atoms with Gasteiger partial charge in [0.15, 0.2) is 0 Å². The average molecular weight is 267 g/mol. The van der Waals surface area contributed by atoms with Gasteiger partial charge < -0.3 is 5.32 Å². The van der Waals surface area contributed by atoms with Crippen molar-refractivity contribution in [3.8, 4) is 0 Å². The fourth-order valence-corrected chi connectivity index (χ4v) is 4.11. The van der Waals surface area contributed by atoms with Crippen LogP contribution in [0.1, 0.15) is 57.0 Å². The van der Waals surface area contributed by atoms with Gasteiger partial charge in [-0.1, -0.05) is 34.6 Å². The van der Waals surface area contributed by atoms with Crippen molar-refractivity contribution in [3.63, 3.8) is 0 Å². The van der Waals surface area contributed by atoms with Gasteiger partial charge in [0, 0.05) is 18.9 Å². The summed E-state index contributed by atoms with van der Waals surface area (Å²) in [5, 5.41) is 14.6. The zero-order valence-electron chi connectivity index (χ0n) is 12.2. The third-order valence-electron chi connectivity index (χ3n) is 4.69. The molecule has 3 nitrogen and oxygen atoms in total. The summed E-state index contributed by atoms with van der Waals surface area (Å²) in [6.45, 7) is 13.6. The van der Waals surface area contributed by atoms with E-state index in [0.29, 0.717) is 16.7 Å². The van der Waals surface area contributed by atoms with Crippen LogP contribution < -0.4 is 5.32 Å². The van der Waals surface area contributed by atoms with E-state index in [0.717, 1.165) is 19.5 Å². The van der Waals surface area contributed by atoms with Crippen molar-refractivity contribution >= 4 is 11.3 Å². The van der Waals surface area contributed by atoms with Gasteiger partial charge in [-0.15, -0.1) is 21.5 Å². The molecule has 1 aromatic rings. The van der Waals surface area contributed by atoms with Crippen LogP contribution in [0.25, 0.3) is 0 Å². The largest absolute Gasteiger partial charge is 0.316 e. The highest BCUT2D eigenvalue weighted by Crippen LogP contribution is 2.73. The van der Waals surface area contributed by atoms with E-state index in [4.69, 9.17) is 0 Å². The van der Waals surface area contributed by atoms with Crippen LogP contribution in [0.2, 0.25) is 0 Å². The van der Waals surface area contributed by atoms with Crippen LogP contribution in [0, 0.1) is 10.8 Å². The van der Waals surface area contributed by atoms with Crippen LogP contribution in [0.3, 0.4) is 0 Å². The summed E-state index contributed by atoms with van der Waals surface area (Å²) in [6, 6.07) is 0. The van der Waals surface area contributed by atoms with Crippen LogP contribution in [0.4, 0.5) is 0 Å². The summed E-state index contributed by atoms with van der Waals surface area (Å²) < 4.78 is 0. The molecule has 2 rings (SSSR count). The maximum Gasteiger partial charge on any atom is 0.121 e. The predicted molar refractivity (Wildman–Crippen MR) is 77.1 cm³/mol. The molecule has 0 bridgehead atoms. The molecule has 1 fully saturated rings. The maximum absolute atomic E-state index is 4.41. The summed E-state index contributed by atoms with van der Waals surface area (Å²) in [4.78, 5) is 0. The van der Waals surface area contributed by atoms with Crippen molar-refractivity contribution in [3.05, 3.63) is 10.0 Å². The number of hydrogen-bond donors (Lipinski definition) is 1. The fourth-order valence-electron chi connectivity index (χ4n) is 2.80. The van der Waals surface area contributed by atoms with E-state index >= 15 is 0 Å². The second-order valence-electron chi connectivity index (χ2n) is 6.41. The minimum atomic E-state index is 0.365. The quantitative estimate of drug-likeness (QED) is 0.804. The summed E-state index contributed by atoms with van der Waals surface area (Å²) in [7, 11) is 0. The third-order valence-corrected chi connectivity index (χ3v) is 5.74. The second-order valence-corrected chi connectivity index (χ2v) is 7.50. The molecule has 18 heavy (non-hydrogen) atoms. The van der Waals surface area contributed by atoms with Gasteiger partial charge in [0.05, 0.1) is 0 Å². The van der Waals surface area contributed by atoms with Gasteiger partial charge in [-0.25, -0.2) is 0 Å². The summed E-state index contributed by atoms with van der Waals surface area (Å²) in [6.07, 6.45) is 2.19. The Labute approximate surface area is 114 Å². The summed E-state index contributed by atoms with van der Waals surface area (Å²) >= 11 is 1.80. The van der Waals surface area contributed by atoms with Crippen molar-refractivity contribution in [2.45, 2.75) is 53.4 Å². The van der Waals surface area contributed by atoms with Gasteiger partial charge >= 0.3 is 0 Å². The van der Waals surface area contributed by atoms with Crippen molar-refractivity contribution < 1.29 is 0 Å². The lowest BCUT2D eigenvalue weighted by Gasteiger charge is -2.03. The smallest absolute Gasteiger partial charge is 0.121 e. The molecule has 1 saturated carbocycles. The Balaban J connectivity index is 1.92. The molecule has 1 N–H and O–H groups in total. The van der Waals surface area contributed by atoms with Gasteiger partial charge in [0.2, 0.25) is 0 Å². The van der Waals surface area contributed by atoms with Crippen LogP contribution in [-0.4, -0.2) is 23.3 Å². The first-order chi connectivity index (χ1) is 8.41. The minimum absolute atomic E-state index is 0.365. The molecule has 102 valence electrons. The Kier molecular flexibility index (Phi) is 3.79.